The van der Waals surface area contributed by atoms with E-state index in [9.17, 15) is 5.11 Å². The first-order chi connectivity index (χ1) is 9.64. The molecule has 1 N–H and O–H groups in total. The van der Waals surface area contributed by atoms with E-state index in [1.54, 1.807) is 0 Å². The van der Waals surface area contributed by atoms with Gasteiger partial charge in [0.05, 0.1) is 12.1 Å². The van der Waals surface area contributed by atoms with Crippen LogP contribution in [0.25, 0.3) is 10.9 Å². The maximum absolute atomic E-state index is 9.44. The molecular weight excluding hydrogens is 258 g/mol. The zero-order valence-corrected chi connectivity index (χ0v) is 14.1. The van der Waals surface area contributed by atoms with Gasteiger partial charge in [0.25, 0.3) is 0 Å². The molecular formula is C19H27NO. The van der Waals surface area contributed by atoms with E-state index in [1.807, 2.05) is 18.2 Å². The van der Waals surface area contributed by atoms with Crippen molar-refractivity contribution >= 4 is 10.9 Å². The van der Waals surface area contributed by atoms with E-state index in [2.05, 4.69) is 53.7 Å². The van der Waals surface area contributed by atoms with Crippen LogP contribution in [-0.2, 0) is 6.61 Å². The number of rotatable bonds is 2. The zero-order valence-electron chi connectivity index (χ0n) is 14.1. The minimum atomic E-state index is 0.0559. The molecule has 2 aromatic rings. The molecule has 0 bridgehead atoms. The van der Waals surface area contributed by atoms with E-state index in [0.717, 1.165) is 22.2 Å². The number of aliphatic hydroxyl groups is 1. The van der Waals surface area contributed by atoms with E-state index in [4.69, 9.17) is 4.98 Å². The molecule has 2 nitrogen and oxygen atoms in total. The summed E-state index contributed by atoms with van der Waals surface area (Å²) in [5.74, 6) is 0.368. The fraction of sp³-hybridized carbons (Fsp3) is 0.526. The van der Waals surface area contributed by atoms with Gasteiger partial charge in [0.2, 0.25) is 0 Å². The highest BCUT2D eigenvalue weighted by atomic mass is 16.3. The van der Waals surface area contributed by atoms with Crippen molar-refractivity contribution in [2.45, 2.75) is 54.1 Å². The Morgan fingerprint density at radius 1 is 0.952 bits per heavy atom. The molecule has 0 fully saturated rings. The number of aliphatic hydroxyl groups excluding tert-OH is 1. The number of benzene rings is 1. The normalized spacial score (nSPS) is 13.1. The van der Waals surface area contributed by atoms with Crippen LogP contribution in [0, 0.1) is 10.8 Å². The maximum atomic E-state index is 9.44. The number of aromatic nitrogens is 1. The molecule has 0 amide bonds. The van der Waals surface area contributed by atoms with Gasteiger partial charge in [0.1, 0.15) is 0 Å². The molecule has 114 valence electrons. The standard InChI is InChI=1S/C19H27NO/c1-18(2,3)17(19(4,5)6)16-11-10-14-13(12-21)8-7-9-15(14)20-16/h7-11,17,21H,12H2,1-6H3. The topological polar surface area (TPSA) is 33.1 Å². The molecule has 0 spiro atoms. The van der Waals surface area contributed by atoms with E-state index < -0.39 is 0 Å². The van der Waals surface area contributed by atoms with Crippen molar-refractivity contribution in [1.29, 1.82) is 0 Å². The van der Waals surface area contributed by atoms with Crippen LogP contribution in [0.5, 0.6) is 0 Å². The Labute approximate surface area is 128 Å². The summed E-state index contributed by atoms with van der Waals surface area (Å²) in [5, 5.41) is 10.5. The first-order valence-electron chi connectivity index (χ1n) is 7.64. The van der Waals surface area contributed by atoms with Crippen molar-refractivity contribution in [3.05, 3.63) is 41.6 Å². The minimum absolute atomic E-state index is 0.0559. The maximum Gasteiger partial charge on any atom is 0.0709 e. The molecule has 0 aliphatic heterocycles. The third-order valence-corrected chi connectivity index (χ3v) is 4.04. The first kappa shape index (κ1) is 16.0. The molecule has 0 atom stereocenters. The van der Waals surface area contributed by atoms with Crippen molar-refractivity contribution in [3.63, 3.8) is 0 Å². The number of hydrogen-bond donors (Lipinski definition) is 1. The molecule has 0 unspecified atom stereocenters. The van der Waals surface area contributed by atoms with Gasteiger partial charge in [-0.3, -0.25) is 4.98 Å². The van der Waals surface area contributed by atoms with Gasteiger partial charge in [-0.2, -0.15) is 0 Å². The summed E-state index contributed by atoms with van der Waals surface area (Å²) in [6, 6.07) is 10.2. The molecule has 2 heteroatoms. The summed E-state index contributed by atoms with van der Waals surface area (Å²) in [6.07, 6.45) is 0. The second-order valence-corrected chi connectivity index (χ2v) is 8.04. The fourth-order valence-electron chi connectivity index (χ4n) is 3.72. The highest BCUT2D eigenvalue weighted by Crippen LogP contribution is 2.46. The molecule has 21 heavy (non-hydrogen) atoms. The first-order valence-corrected chi connectivity index (χ1v) is 7.64. The SMILES string of the molecule is CC(C)(C)C(c1ccc2c(CO)cccc2n1)C(C)(C)C. The Balaban J connectivity index is 2.61. The van der Waals surface area contributed by atoms with E-state index in [0.29, 0.717) is 5.92 Å². The summed E-state index contributed by atoms with van der Waals surface area (Å²) in [7, 11) is 0. The molecule has 1 aromatic heterocycles. The summed E-state index contributed by atoms with van der Waals surface area (Å²) < 4.78 is 0. The minimum Gasteiger partial charge on any atom is -0.392 e. The number of hydrogen-bond acceptors (Lipinski definition) is 2. The molecule has 1 aromatic carbocycles. The van der Waals surface area contributed by atoms with Crippen molar-refractivity contribution in [2.24, 2.45) is 10.8 Å². The van der Waals surface area contributed by atoms with E-state index >= 15 is 0 Å². The van der Waals surface area contributed by atoms with Crippen LogP contribution in [0.3, 0.4) is 0 Å². The number of fused-ring (bicyclic) bond motifs is 1. The van der Waals surface area contributed by atoms with Crippen molar-refractivity contribution in [3.8, 4) is 0 Å². The van der Waals surface area contributed by atoms with E-state index in [1.165, 1.54) is 0 Å². The highest BCUT2D eigenvalue weighted by molar-refractivity contribution is 5.82. The molecule has 0 radical (unpaired) electrons. The Hall–Kier alpha value is -1.41. The Morgan fingerprint density at radius 2 is 1.57 bits per heavy atom. The second-order valence-electron chi connectivity index (χ2n) is 8.04. The molecule has 2 rings (SSSR count). The fourth-order valence-corrected chi connectivity index (χ4v) is 3.72. The molecule has 0 aliphatic carbocycles. The Morgan fingerprint density at radius 3 is 2.10 bits per heavy atom. The zero-order chi connectivity index (χ0) is 15.8. The molecule has 0 aliphatic rings. The predicted octanol–water partition coefficient (Wildman–Crippen LogP) is 4.90. The number of pyridine rings is 1. The predicted molar refractivity (Wildman–Crippen MR) is 89.3 cm³/mol. The third-order valence-electron chi connectivity index (χ3n) is 4.04. The van der Waals surface area contributed by atoms with Crippen LogP contribution in [-0.4, -0.2) is 10.1 Å². The summed E-state index contributed by atoms with van der Waals surface area (Å²) >= 11 is 0. The van der Waals surface area contributed by atoms with Crippen molar-refractivity contribution in [1.82, 2.24) is 4.98 Å². The van der Waals surface area contributed by atoms with Gasteiger partial charge in [0, 0.05) is 17.0 Å². The lowest BCUT2D eigenvalue weighted by Gasteiger charge is -2.40. The Kier molecular flexibility index (Phi) is 4.12. The van der Waals surface area contributed by atoms with Crippen molar-refractivity contribution in [2.75, 3.05) is 0 Å². The lowest BCUT2D eigenvalue weighted by molar-refractivity contribution is 0.172. The third kappa shape index (κ3) is 3.26. The van der Waals surface area contributed by atoms with E-state index in [-0.39, 0.29) is 17.4 Å². The Bertz CT molecular complexity index is 618. The monoisotopic (exact) mass is 285 g/mol. The van der Waals surface area contributed by atoms with Crippen LogP contribution >= 0.6 is 0 Å². The van der Waals surface area contributed by atoms with Crippen molar-refractivity contribution < 1.29 is 5.11 Å². The van der Waals surface area contributed by atoms with Crippen LogP contribution in [0.2, 0.25) is 0 Å². The smallest absolute Gasteiger partial charge is 0.0709 e. The van der Waals surface area contributed by atoms with Gasteiger partial charge < -0.3 is 5.11 Å². The molecule has 1 heterocycles. The summed E-state index contributed by atoms with van der Waals surface area (Å²) in [4.78, 5) is 4.91. The summed E-state index contributed by atoms with van der Waals surface area (Å²) in [6.45, 7) is 13.7. The quantitative estimate of drug-likeness (QED) is 0.851. The van der Waals surface area contributed by atoms with Crippen LogP contribution < -0.4 is 0 Å². The van der Waals surface area contributed by atoms with Gasteiger partial charge in [-0.15, -0.1) is 0 Å². The summed E-state index contributed by atoms with van der Waals surface area (Å²) in [5.41, 5.74) is 3.34. The lowest BCUT2D eigenvalue weighted by Crippen LogP contribution is -2.31. The molecule has 0 saturated heterocycles. The average Bonchev–Trinajstić information content (AvgIpc) is 2.34. The van der Waals surface area contributed by atoms with Crippen LogP contribution in [0.15, 0.2) is 30.3 Å². The van der Waals surface area contributed by atoms with Crippen LogP contribution in [0.4, 0.5) is 0 Å². The van der Waals surface area contributed by atoms with Gasteiger partial charge >= 0.3 is 0 Å². The van der Waals surface area contributed by atoms with Gasteiger partial charge in [-0.25, -0.2) is 0 Å². The average molecular weight is 285 g/mol. The van der Waals surface area contributed by atoms with Gasteiger partial charge in [-0.05, 0) is 28.5 Å². The lowest BCUT2D eigenvalue weighted by atomic mass is 9.65. The van der Waals surface area contributed by atoms with Crippen LogP contribution in [0.1, 0.15) is 58.7 Å². The largest absolute Gasteiger partial charge is 0.392 e. The van der Waals surface area contributed by atoms with Gasteiger partial charge in [0.15, 0.2) is 0 Å². The highest BCUT2D eigenvalue weighted by Gasteiger charge is 2.37. The second kappa shape index (κ2) is 5.42. The number of nitrogens with zero attached hydrogens (tertiary/aromatic N) is 1. The molecule has 0 saturated carbocycles. The van der Waals surface area contributed by atoms with Gasteiger partial charge in [-0.1, -0.05) is 59.7 Å².